The average molecular weight is 294 g/mol. The van der Waals surface area contributed by atoms with Crippen molar-refractivity contribution in [3.63, 3.8) is 0 Å². The molecule has 0 spiro atoms. The number of carboxylic acids is 1. The van der Waals surface area contributed by atoms with Gasteiger partial charge >= 0.3 is 5.97 Å². The fourth-order valence-corrected chi connectivity index (χ4v) is 2.91. The molecule has 0 bridgehead atoms. The van der Waals surface area contributed by atoms with Crippen LogP contribution in [0.15, 0.2) is 12.4 Å². The molecule has 1 atom stereocenters. The summed E-state index contributed by atoms with van der Waals surface area (Å²) in [6.45, 7) is 10.1. The highest BCUT2D eigenvalue weighted by molar-refractivity contribution is 5.70. The second kappa shape index (κ2) is 7.56. The topological polar surface area (TPSA) is 61.6 Å². The summed E-state index contributed by atoms with van der Waals surface area (Å²) in [6.07, 6.45) is 4.85. The van der Waals surface area contributed by atoms with Crippen molar-refractivity contribution in [3.05, 3.63) is 18.2 Å². The van der Waals surface area contributed by atoms with Crippen LogP contribution in [0.1, 0.15) is 19.2 Å². The molecule has 1 aliphatic rings. The van der Waals surface area contributed by atoms with E-state index in [4.69, 9.17) is 0 Å². The van der Waals surface area contributed by atoms with E-state index in [1.54, 1.807) is 6.20 Å². The van der Waals surface area contributed by atoms with Crippen LogP contribution >= 0.6 is 0 Å². The SMILES string of the molecule is CCCN1CCN(CCn2ccnc2C)CC(C(=O)O)C1. The highest BCUT2D eigenvalue weighted by Gasteiger charge is 2.27. The second-order valence-electron chi connectivity index (χ2n) is 5.80. The van der Waals surface area contributed by atoms with E-state index in [1.807, 2.05) is 13.1 Å². The minimum Gasteiger partial charge on any atom is -0.481 e. The van der Waals surface area contributed by atoms with Gasteiger partial charge < -0.3 is 14.6 Å². The summed E-state index contributed by atoms with van der Waals surface area (Å²) in [5, 5.41) is 9.39. The van der Waals surface area contributed by atoms with E-state index in [0.717, 1.165) is 45.0 Å². The van der Waals surface area contributed by atoms with Crippen LogP contribution < -0.4 is 0 Å². The van der Waals surface area contributed by atoms with Crippen molar-refractivity contribution in [2.24, 2.45) is 5.92 Å². The van der Waals surface area contributed by atoms with Gasteiger partial charge in [0.05, 0.1) is 5.92 Å². The lowest BCUT2D eigenvalue weighted by Gasteiger charge is -2.22. The minimum atomic E-state index is -0.679. The number of nitrogens with zero attached hydrogens (tertiary/aromatic N) is 4. The van der Waals surface area contributed by atoms with Crippen molar-refractivity contribution < 1.29 is 9.90 Å². The fourth-order valence-electron chi connectivity index (χ4n) is 2.91. The van der Waals surface area contributed by atoms with Gasteiger partial charge in [0.1, 0.15) is 5.82 Å². The molecule has 1 aromatic rings. The Balaban J connectivity index is 1.93. The van der Waals surface area contributed by atoms with Crippen LogP contribution in [0.3, 0.4) is 0 Å². The molecule has 6 heteroatoms. The van der Waals surface area contributed by atoms with E-state index in [2.05, 4.69) is 26.3 Å². The van der Waals surface area contributed by atoms with Crippen molar-refractivity contribution in [2.45, 2.75) is 26.8 Å². The molecule has 6 nitrogen and oxygen atoms in total. The van der Waals surface area contributed by atoms with Gasteiger partial charge in [-0.15, -0.1) is 0 Å². The van der Waals surface area contributed by atoms with Crippen LogP contribution in [-0.4, -0.2) is 69.7 Å². The largest absolute Gasteiger partial charge is 0.481 e. The zero-order valence-electron chi connectivity index (χ0n) is 13.0. The Kier molecular flexibility index (Phi) is 5.76. The highest BCUT2D eigenvalue weighted by Crippen LogP contribution is 2.11. The molecule has 2 heterocycles. The van der Waals surface area contributed by atoms with E-state index in [-0.39, 0.29) is 5.92 Å². The highest BCUT2D eigenvalue weighted by atomic mass is 16.4. The Morgan fingerprint density at radius 3 is 2.48 bits per heavy atom. The maximum Gasteiger partial charge on any atom is 0.309 e. The first-order valence-corrected chi connectivity index (χ1v) is 7.75. The molecule has 2 rings (SSSR count). The van der Waals surface area contributed by atoms with Crippen molar-refractivity contribution >= 4 is 5.97 Å². The Bertz CT molecular complexity index is 460. The number of carbonyl (C=O) groups is 1. The molecule has 1 saturated heterocycles. The molecule has 1 unspecified atom stereocenters. The summed E-state index contributed by atoms with van der Waals surface area (Å²) in [4.78, 5) is 20.2. The molecule has 1 aromatic heterocycles. The number of imidazole rings is 1. The van der Waals surface area contributed by atoms with Gasteiger partial charge in [0.2, 0.25) is 0 Å². The zero-order valence-corrected chi connectivity index (χ0v) is 13.0. The van der Waals surface area contributed by atoms with Gasteiger partial charge in [-0.05, 0) is 19.9 Å². The Hall–Kier alpha value is -1.40. The van der Waals surface area contributed by atoms with Gasteiger partial charge in [-0.1, -0.05) is 6.92 Å². The average Bonchev–Trinajstić information content (AvgIpc) is 2.73. The first-order chi connectivity index (χ1) is 10.1. The van der Waals surface area contributed by atoms with E-state index >= 15 is 0 Å². The molecule has 1 aliphatic heterocycles. The molecule has 1 N–H and O–H groups in total. The summed E-state index contributed by atoms with van der Waals surface area (Å²) in [5.74, 6) is 0.0389. The standard InChI is InChI=1S/C15H26N4O2/c1-3-5-17-7-8-18(12-14(11-17)15(20)21)9-10-19-6-4-16-13(19)2/h4,6,14H,3,5,7-12H2,1-2H3,(H,20,21). The van der Waals surface area contributed by atoms with Crippen LogP contribution in [0.25, 0.3) is 0 Å². The number of carboxylic acid groups (broad SMARTS) is 1. The Morgan fingerprint density at radius 1 is 1.29 bits per heavy atom. The molecule has 118 valence electrons. The van der Waals surface area contributed by atoms with E-state index in [0.29, 0.717) is 13.1 Å². The van der Waals surface area contributed by atoms with Crippen molar-refractivity contribution in [3.8, 4) is 0 Å². The molecule has 0 aromatic carbocycles. The van der Waals surface area contributed by atoms with Crippen molar-refractivity contribution in [1.29, 1.82) is 0 Å². The van der Waals surface area contributed by atoms with Crippen LogP contribution in [-0.2, 0) is 11.3 Å². The summed E-state index contributed by atoms with van der Waals surface area (Å²) in [7, 11) is 0. The number of aryl methyl sites for hydroxylation is 1. The van der Waals surface area contributed by atoms with Crippen LogP contribution in [0.5, 0.6) is 0 Å². The smallest absolute Gasteiger partial charge is 0.309 e. The number of aromatic nitrogens is 2. The normalized spacial score (nSPS) is 21.3. The summed E-state index contributed by atoms with van der Waals surface area (Å²) in [5.41, 5.74) is 0. The predicted molar refractivity (Wildman–Crippen MR) is 81.3 cm³/mol. The Labute approximate surface area is 126 Å². The lowest BCUT2D eigenvalue weighted by Crippen LogP contribution is -2.36. The molecule has 0 radical (unpaired) electrons. The van der Waals surface area contributed by atoms with Gasteiger partial charge in [-0.2, -0.15) is 0 Å². The predicted octanol–water partition coefficient (Wildman–Crippen LogP) is 0.920. The van der Waals surface area contributed by atoms with Crippen LogP contribution in [0, 0.1) is 12.8 Å². The zero-order chi connectivity index (χ0) is 15.2. The van der Waals surface area contributed by atoms with Gasteiger partial charge in [0.15, 0.2) is 0 Å². The number of hydrogen-bond acceptors (Lipinski definition) is 4. The molecule has 1 fully saturated rings. The maximum atomic E-state index is 11.4. The minimum absolute atomic E-state index is 0.289. The number of rotatable bonds is 6. The Morgan fingerprint density at radius 2 is 1.95 bits per heavy atom. The molecule has 21 heavy (non-hydrogen) atoms. The first-order valence-electron chi connectivity index (χ1n) is 7.75. The van der Waals surface area contributed by atoms with Gasteiger partial charge in [0, 0.05) is 51.7 Å². The summed E-state index contributed by atoms with van der Waals surface area (Å²) in [6, 6.07) is 0. The van der Waals surface area contributed by atoms with Crippen molar-refractivity contribution in [2.75, 3.05) is 39.3 Å². The molecular weight excluding hydrogens is 268 g/mol. The van der Waals surface area contributed by atoms with Crippen molar-refractivity contribution in [1.82, 2.24) is 19.4 Å². The lowest BCUT2D eigenvalue weighted by atomic mass is 10.1. The number of hydrogen-bond donors (Lipinski definition) is 1. The second-order valence-corrected chi connectivity index (χ2v) is 5.80. The quantitative estimate of drug-likeness (QED) is 0.845. The lowest BCUT2D eigenvalue weighted by molar-refractivity contribution is -0.142. The maximum absolute atomic E-state index is 11.4. The van der Waals surface area contributed by atoms with Gasteiger partial charge in [-0.25, -0.2) is 4.98 Å². The first kappa shape index (κ1) is 16.0. The van der Waals surface area contributed by atoms with E-state index in [9.17, 15) is 9.90 Å². The summed E-state index contributed by atoms with van der Waals surface area (Å²) >= 11 is 0. The molecule has 0 amide bonds. The third kappa shape index (κ3) is 4.54. The fraction of sp³-hybridized carbons (Fsp3) is 0.733. The van der Waals surface area contributed by atoms with Gasteiger partial charge in [0.25, 0.3) is 0 Å². The monoisotopic (exact) mass is 294 g/mol. The summed E-state index contributed by atoms with van der Waals surface area (Å²) < 4.78 is 2.12. The third-order valence-electron chi connectivity index (χ3n) is 4.16. The van der Waals surface area contributed by atoms with Crippen LogP contribution in [0.2, 0.25) is 0 Å². The molecular formula is C15H26N4O2. The number of aliphatic carboxylic acids is 1. The molecule has 0 aliphatic carbocycles. The molecule has 0 saturated carbocycles. The van der Waals surface area contributed by atoms with Crippen LogP contribution in [0.4, 0.5) is 0 Å². The third-order valence-corrected chi connectivity index (χ3v) is 4.16. The van der Waals surface area contributed by atoms with E-state index in [1.165, 1.54) is 0 Å². The van der Waals surface area contributed by atoms with E-state index < -0.39 is 5.97 Å². The van der Waals surface area contributed by atoms with Gasteiger partial charge in [-0.3, -0.25) is 9.69 Å².